The van der Waals surface area contributed by atoms with Gasteiger partial charge in [0.15, 0.2) is 0 Å². The molecule has 0 aliphatic heterocycles. The standard InChI is InChI=1S/C35H56/c1-30(2,3)23-21-26(32(7,8)9)29(34(13,14)15)27(22-23)35(16,17)25-20-18-19-24(31(4,5)6)28(25)33(10,11)12/h18-22H,1-17H3. The zero-order chi connectivity index (χ0) is 27.6. The summed E-state index contributed by atoms with van der Waals surface area (Å²) in [6.45, 7) is 40.5. The SMILES string of the molecule is CC(C)(C)c1cc(C(C)(C)C)c(C(C)(C)C)c(C(C)(C)c2cccc(C(C)(C)C)c2C(C)(C)C)c1. The van der Waals surface area contributed by atoms with Crippen LogP contribution in [0.15, 0.2) is 30.3 Å². The van der Waals surface area contributed by atoms with Crippen LogP contribution in [0.2, 0.25) is 0 Å². The Balaban J connectivity index is 3.17. The van der Waals surface area contributed by atoms with Gasteiger partial charge in [-0.05, 0) is 66.0 Å². The van der Waals surface area contributed by atoms with Crippen LogP contribution in [0.1, 0.15) is 157 Å². The molecule has 0 fully saturated rings. The van der Waals surface area contributed by atoms with Gasteiger partial charge in [-0.25, -0.2) is 0 Å². The van der Waals surface area contributed by atoms with Crippen LogP contribution in [-0.4, -0.2) is 0 Å². The number of benzene rings is 2. The quantitative estimate of drug-likeness (QED) is 0.404. The second-order valence-electron chi connectivity index (χ2n) is 16.5. The molecule has 0 unspecified atom stereocenters. The van der Waals surface area contributed by atoms with Gasteiger partial charge in [0.2, 0.25) is 0 Å². The van der Waals surface area contributed by atoms with Crippen molar-refractivity contribution in [3.8, 4) is 0 Å². The third-order valence-corrected chi connectivity index (χ3v) is 7.53. The van der Waals surface area contributed by atoms with Crippen LogP contribution in [0.3, 0.4) is 0 Å². The van der Waals surface area contributed by atoms with Crippen molar-refractivity contribution in [1.82, 2.24) is 0 Å². The minimum absolute atomic E-state index is 0.0369. The Morgan fingerprint density at radius 3 is 1.11 bits per heavy atom. The van der Waals surface area contributed by atoms with Gasteiger partial charge in [0.1, 0.15) is 0 Å². The molecule has 0 N–H and O–H groups in total. The van der Waals surface area contributed by atoms with Crippen LogP contribution in [0.5, 0.6) is 0 Å². The smallest absolute Gasteiger partial charge is 0.0152 e. The molecule has 0 aromatic heterocycles. The van der Waals surface area contributed by atoms with Gasteiger partial charge in [-0.1, -0.05) is 148 Å². The van der Waals surface area contributed by atoms with E-state index in [-0.39, 0.29) is 32.5 Å². The van der Waals surface area contributed by atoms with Gasteiger partial charge in [0.05, 0.1) is 0 Å². The van der Waals surface area contributed by atoms with Crippen LogP contribution >= 0.6 is 0 Å². The van der Waals surface area contributed by atoms with Gasteiger partial charge in [-0.15, -0.1) is 0 Å². The molecule has 2 rings (SSSR count). The van der Waals surface area contributed by atoms with E-state index in [1.165, 1.54) is 38.9 Å². The van der Waals surface area contributed by atoms with Crippen LogP contribution in [0.4, 0.5) is 0 Å². The zero-order valence-electron chi connectivity index (χ0n) is 26.4. The lowest BCUT2D eigenvalue weighted by atomic mass is 9.62. The molecule has 0 atom stereocenters. The van der Waals surface area contributed by atoms with Crippen LogP contribution in [0.25, 0.3) is 0 Å². The Kier molecular flexibility index (Phi) is 7.44. The molecule has 35 heavy (non-hydrogen) atoms. The highest BCUT2D eigenvalue weighted by Gasteiger charge is 2.39. The van der Waals surface area contributed by atoms with Crippen molar-refractivity contribution < 1.29 is 0 Å². The monoisotopic (exact) mass is 476 g/mol. The number of rotatable bonds is 2. The highest BCUT2D eigenvalue weighted by Crippen LogP contribution is 2.48. The van der Waals surface area contributed by atoms with E-state index in [0.717, 1.165) is 0 Å². The molecule has 0 heteroatoms. The topological polar surface area (TPSA) is 0 Å². The van der Waals surface area contributed by atoms with Crippen molar-refractivity contribution in [2.75, 3.05) is 0 Å². The normalized spacial score (nSPS) is 14.4. The van der Waals surface area contributed by atoms with E-state index < -0.39 is 0 Å². The predicted molar refractivity (Wildman–Crippen MR) is 159 cm³/mol. The summed E-state index contributed by atoms with van der Waals surface area (Å²) < 4.78 is 0. The molecule has 0 spiro atoms. The Morgan fingerprint density at radius 2 is 0.743 bits per heavy atom. The molecule has 0 saturated carbocycles. The molecular formula is C35H56. The molecule has 0 aliphatic carbocycles. The molecule has 0 radical (unpaired) electrons. The molecular weight excluding hydrogens is 420 g/mol. The molecule has 0 bridgehead atoms. The molecule has 196 valence electrons. The summed E-state index contributed by atoms with van der Waals surface area (Å²) in [5, 5.41) is 0. The van der Waals surface area contributed by atoms with Crippen LogP contribution < -0.4 is 0 Å². The first kappa shape index (κ1) is 29.7. The lowest BCUT2D eigenvalue weighted by molar-refractivity contribution is 0.485. The maximum Gasteiger partial charge on any atom is 0.0152 e. The average molecular weight is 477 g/mol. The van der Waals surface area contributed by atoms with Crippen molar-refractivity contribution in [2.24, 2.45) is 0 Å². The van der Waals surface area contributed by atoms with E-state index in [1.54, 1.807) is 0 Å². The first-order chi connectivity index (χ1) is 15.3. The summed E-state index contributed by atoms with van der Waals surface area (Å²) in [5.41, 5.74) is 10.5. The van der Waals surface area contributed by atoms with Gasteiger partial charge in [-0.2, -0.15) is 0 Å². The Morgan fingerprint density at radius 1 is 0.371 bits per heavy atom. The first-order valence-corrected chi connectivity index (χ1v) is 13.6. The summed E-state index contributed by atoms with van der Waals surface area (Å²) in [4.78, 5) is 0. The number of hydrogen-bond acceptors (Lipinski definition) is 0. The third kappa shape index (κ3) is 6.06. The molecule has 0 aliphatic rings. The fourth-order valence-corrected chi connectivity index (χ4v) is 5.62. The first-order valence-electron chi connectivity index (χ1n) is 13.6. The van der Waals surface area contributed by atoms with Crippen molar-refractivity contribution in [3.63, 3.8) is 0 Å². The molecule has 2 aromatic carbocycles. The van der Waals surface area contributed by atoms with Gasteiger partial charge in [0.25, 0.3) is 0 Å². The van der Waals surface area contributed by atoms with E-state index in [0.29, 0.717) is 0 Å². The number of hydrogen-bond donors (Lipinski definition) is 0. The summed E-state index contributed by atoms with van der Waals surface area (Å²) in [6, 6.07) is 12.1. The third-order valence-electron chi connectivity index (χ3n) is 7.53. The van der Waals surface area contributed by atoms with Gasteiger partial charge in [0, 0.05) is 5.41 Å². The van der Waals surface area contributed by atoms with E-state index in [4.69, 9.17) is 0 Å². The summed E-state index contributed by atoms with van der Waals surface area (Å²) in [6.07, 6.45) is 0. The molecule has 0 amide bonds. The molecule has 2 aromatic rings. The van der Waals surface area contributed by atoms with Gasteiger partial charge in [-0.3, -0.25) is 0 Å². The summed E-state index contributed by atoms with van der Waals surface area (Å²) >= 11 is 0. The summed E-state index contributed by atoms with van der Waals surface area (Å²) in [7, 11) is 0. The fourth-order valence-electron chi connectivity index (χ4n) is 5.62. The predicted octanol–water partition coefficient (Wildman–Crippen LogP) is 10.5. The minimum Gasteiger partial charge on any atom is -0.0616 e. The fraction of sp³-hybridized carbons (Fsp3) is 0.657. The van der Waals surface area contributed by atoms with Crippen LogP contribution in [-0.2, 0) is 32.5 Å². The summed E-state index contributed by atoms with van der Waals surface area (Å²) in [5.74, 6) is 0. The minimum atomic E-state index is -0.145. The second kappa shape index (κ2) is 8.78. The lowest BCUT2D eigenvalue weighted by Crippen LogP contribution is -2.34. The van der Waals surface area contributed by atoms with Gasteiger partial charge < -0.3 is 0 Å². The Bertz CT molecular complexity index is 1060. The Labute approximate surface area is 219 Å². The average Bonchev–Trinajstić information content (AvgIpc) is 2.62. The maximum atomic E-state index is 2.55. The van der Waals surface area contributed by atoms with E-state index >= 15 is 0 Å². The highest BCUT2D eigenvalue weighted by molar-refractivity contribution is 5.57. The van der Waals surface area contributed by atoms with Crippen molar-refractivity contribution in [3.05, 3.63) is 69.3 Å². The second-order valence-corrected chi connectivity index (χ2v) is 16.5. The lowest BCUT2D eigenvalue weighted by Gasteiger charge is -2.42. The zero-order valence-corrected chi connectivity index (χ0v) is 26.4. The largest absolute Gasteiger partial charge is 0.0616 e. The van der Waals surface area contributed by atoms with Crippen molar-refractivity contribution in [1.29, 1.82) is 0 Å². The van der Waals surface area contributed by atoms with Gasteiger partial charge >= 0.3 is 0 Å². The molecule has 0 saturated heterocycles. The van der Waals surface area contributed by atoms with E-state index in [1.807, 2.05) is 0 Å². The van der Waals surface area contributed by atoms with Crippen molar-refractivity contribution in [2.45, 2.75) is 150 Å². The van der Waals surface area contributed by atoms with Crippen LogP contribution in [0, 0.1) is 0 Å². The Hall–Kier alpha value is -1.56. The highest BCUT2D eigenvalue weighted by atomic mass is 14.4. The van der Waals surface area contributed by atoms with E-state index in [2.05, 4.69) is 148 Å². The van der Waals surface area contributed by atoms with E-state index in [9.17, 15) is 0 Å². The molecule has 0 heterocycles. The van der Waals surface area contributed by atoms with Crippen molar-refractivity contribution >= 4 is 0 Å². The molecule has 0 nitrogen and oxygen atoms in total. The maximum absolute atomic E-state index is 2.55.